The van der Waals surface area contributed by atoms with Crippen molar-refractivity contribution >= 4 is 27.8 Å². The molecule has 65 heavy (non-hydrogen) atoms. The highest BCUT2D eigenvalue weighted by molar-refractivity contribution is 6.08. The normalized spacial score (nSPS) is 18.2. The zero-order valence-electron chi connectivity index (χ0n) is 40.2. The number of nitrogens with zero attached hydrogens (tertiary/aromatic N) is 3. The van der Waals surface area contributed by atoms with Crippen LogP contribution in [0.4, 0.5) is 0 Å². The Bertz CT molecular complexity index is 3230. The summed E-state index contributed by atoms with van der Waals surface area (Å²) in [6, 6.07) is 44.3. The topological polar surface area (TPSA) is 48.6 Å². The Morgan fingerprint density at radius 3 is 2.11 bits per heavy atom. The molecule has 0 N–H and O–H groups in total. The Morgan fingerprint density at radius 1 is 0.677 bits per heavy atom. The Morgan fingerprint density at radius 2 is 1.38 bits per heavy atom. The lowest BCUT2D eigenvalue weighted by atomic mass is 9.66. The van der Waals surface area contributed by atoms with E-state index in [0.29, 0.717) is 5.90 Å². The van der Waals surface area contributed by atoms with Crippen molar-refractivity contribution in [2.45, 2.75) is 112 Å². The van der Waals surface area contributed by atoms with Crippen LogP contribution in [-0.2, 0) is 28.5 Å². The first-order valence-electron chi connectivity index (χ1n) is 23.3. The monoisotopic (exact) mass is 855 g/mol. The molecule has 8 aromatic rings. The van der Waals surface area contributed by atoms with Crippen molar-refractivity contribution in [3.8, 4) is 28.3 Å². The van der Waals surface area contributed by atoms with E-state index in [0.717, 1.165) is 63.3 Å². The van der Waals surface area contributed by atoms with Crippen molar-refractivity contribution in [1.82, 2.24) is 9.55 Å². The molecular weight excluding hydrogens is 795 g/mol. The average molecular weight is 856 g/mol. The smallest absolute Gasteiger partial charge is 0.217 e. The summed E-state index contributed by atoms with van der Waals surface area (Å²) in [5.41, 5.74) is 17.0. The van der Waals surface area contributed by atoms with Gasteiger partial charge in [-0.1, -0.05) is 108 Å². The minimum Gasteiger partial charge on any atom is -0.467 e. The average Bonchev–Trinajstić information content (AvgIpc) is 3.85. The fourth-order valence-corrected chi connectivity index (χ4v) is 11.3. The van der Waals surface area contributed by atoms with Crippen molar-refractivity contribution in [2.75, 3.05) is 0 Å². The van der Waals surface area contributed by atoms with Crippen molar-refractivity contribution in [2.24, 2.45) is 10.4 Å². The lowest BCUT2D eigenvalue weighted by molar-refractivity contribution is -0.0673. The lowest BCUT2D eigenvalue weighted by Crippen LogP contribution is -2.54. The van der Waals surface area contributed by atoms with Gasteiger partial charge in [-0.05, 0) is 164 Å². The SMILES string of the molecule is CCc1ccc2c(c1)c1cccnc1n2-c1cc(Oc2cc(C3=N[C@]4(C)c5cc(C)c(C)cc5C[C@]4(C(C)(C)C)O3)cc(-c3c(C)cc(C)cc3C)c2)cc(C(C)(C)c2ccccc2)c1. The molecule has 1 aliphatic heterocycles. The van der Waals surface area contributed by atoms with E-state index in [1.165, 1.54) is 61.0 Å². The van der Waals surface area contributed by atoms with Crippen molar-refractivity contribution < 1.29 is 9.47 Å². The summed E-state index contributed by atoms with van der Waals surface area (Å²) in [7, 11) is 0. The maximum absolute atomic E-state index is 7.43. The second-order valence-electron chi connectivity index (χ2n) is 20.7. The fraction of sp³-hybridized carbons (Fsp3) is 0.300. The molecule has 0 bridgehead atoms. The van der Waals surface area contributed by atoms with Gasteiger partial charge >= 0.3 is 0 Å². The standard InChI is InChI=1S/C60H61N3O2/c1-13-41-21-22-53-51(28-41)50-20-17-23-61-55(50)63(53)47-32-46(58(10,11)45-18-15-14-16-19-45)33-49(34-47)64-48-30-42(54-39(5)24-36(2)25-40(54)6)29-43(31-48)56-62-59(12)52-27-38(4)37(3)26-44(52)35-60(59,65-56)57(7,8)9/h14-34H,13,35H2,1-12H3/t59-,60-/m1/s1. The van der Waals surface area contributed by atoms with Gasteiger partial charge < -0.3 is 9.47 Å². The van der Waals surface area contributed by atoms with E-state index in [-0.39, 0.29) is 10.8 Å². The van der Waals surface area contributed by atoms with Crippen LogP contribution in [0.25, 0.3) is 38.8 Å². The molecule has 0 fully saturated rings. The molecule has 328 valence electrons. The van der Waals surface area contributed by atoms with Gasteiger partial charge in [-0.2, -0.15) is 0 Å². The molecule has 0 saturated carbocycles. The summed E-state index contributed by atoms with van der Waals surface area (Å²) < 4.78 is 17.0. The molecule has 0 amide bonds. The minimum absolute atomic E-state index is 0.225. The molecule has 5 heteroatoms. The second-order valence-corrected chi connectivity index (χ2v) is 20.7. The van der Waals surface area contributed by atoms with Gasteiger partial charge in [0.1, 0.15) is 28.3 Å². The summed E-state index contributed by atoms with van der Waals surface area (Å²) in [5.74, 6) is 2.11. The summed E-state index contributed by atoms with van der Waals surface area (Å²) in [5, 5.41) is 2.33. The molecule has 0 saturated heterocycles. The molecule has 3 heterocycles. The third kappa shape index (κ3) is 6.72. The van der Waals surface area contributed by atoms with Gasteiger partial charge in [-0.25, -0.2) is 9.98 Å². The number of fused-ring (bicyclic) bond motifs is 6. The number of aromatic nitrogens is 2. The van der Waals surface area contributed by atoms with Gasteiger partial charge in [0, 0.05) is 45.8 Å². The Balaban J connectivity index is 1.18. The first-order chi connectivity index (χ1) is 30.9. The number of ether oxygens (including phenoxy) is 2. The highest BCUT2D eigenvalue weighted by Gasteiger charge is 2.66. The Hall–Kier alpha value is -6.46. The number of pyridine rings is 1. The number of hydrogen-bond donors (Lipinski definition) is 0. The molecule has 6 aromatic carbocycles. The molecule has 10 rings (SSSR count). The van der Waals surface area contributed by atoms with E-state index in [1.54, 1.807) is 0 Å². The van der Waals surface area contributed by atoms with E-state index in [9.17, 15) is 0 Å². The molecule has 0 spiro atoms. The summed E-state index contributed by atoms with van der Waals surface area (Å²) in [6.45, 7) is 27.0. The molecule has 5 nitrogen and oxygen atoms in total. The predicted molar refractivity (Wildman–Crippen MR) is 269 cm³/mol. The van der Waals surface area contributed by atoms with E-state index < -0.39 is 11.1 Å². The molecule has 2 aromatic heterocycles. The van der Waals surface area contributed by atoms with E-state index in [4.69, 9.17) is 19.5 Å². The summed E-state index contributed by atoms with van der Waals surface area (Å²) in [6.07, 6.45) is 3.65. The quantitative estimate of drug-likeness (QED) is 0.153. The summed E-state index contributed by atoms with van der Waals surface area (Å²) >= 11 is 0. The first-order valence-corrected chi connectivity index (χ1v) is 23.3. The van der Waals surface area contributed by atoms with Crippen LogP contribution in [-0.4, -0.2) is 21.0 Å². The predicted octanol–water partition coefficient (Wildman–Crippen LogP) is 15.1. The van der Waals surface area contributed by atoms with Crippen molar-refractivity contribution in [1.29, 1.82) is 0 Å². The van der Waals surface area contributed by atoms with Crippen molar-refractivity contribution in [3.05, 3.63) is 189 Å². The van der Waals surface area contributed by atoms with E-state index in [2.05, 4.69) is 203 Å². The maximum Gasteiger partial charge on any atom is 0.217 e. The number of hydrogen-bond acceptors (Lipinski definition) is 4. The lowest BCUT2D eigenvalue weighted by Gasteiger charge is -2.45. The first kappa shape index (κ1) is 42.5. The molecular formula is C60H61N3O2. The molecule has 0 radical (unpaired) electrons. The van der Waals surface area contributed by atoms with Gasteiger partial charge in [0.2, 0.25) is 5.90 Å². The Kier molecular flexibility index (Phi) is 9.84. The third-order valence-electron chi connectivity index (χ3n) is 15.0. The molecule has 1 aliphatic carbocycles. The van der Waals surface area contributed by atoms with Gasteiger partial charge in [-0.3, -0.25) is 4.57 Å². The molecule has 2 atom stereocenters. The third-order valence-corrected chi connectivity index (χ3v) is 15.0. The van der Waals surface area contributed by atoms with Crippen molar-refractivity contribution in [3.63, 3.8) is 0 Å². The maximum atomic E-state index is 7.43. The van der Waals surface area contributed by atoms with Crippen LogP contribution < -0.4 is 4.74 Å². The van der Waals surface area contributed by atoms with Gasteiger partial charge in [0.05, 0.1) is 11.2 Å². The zero-order valence-corrected chi connectivity index (χ0v) is 40.2. The number of benzene rings is 6. The molecule has 2 aliphatic rings. The van der Waals surface area contributed by atoms with Crippen LogP contribution in [0.3, 0.4) is 0 Å². The van der Waals surface area contributed by atoms with Gasteiger partial charge in [0.15, 0.2) is 0 Å². The minimum atomic E-state index is -0.582. The number of rotatable bonds is 8. The van der Waals surface area contributed by atoms with E-state index in [1.807, 2.05) is 12.3 Å². The van der Waals surface area contributed by atoms with Crippen LogP contribution in [0.2, 0.25) is 0 Å². The molecule has 0 unspecified atom stereocenters. The second kappa shape index (κ2) is 15.1. The number of aliphatic imine (C=N–C) groups is 1. The van der Waals surface area contributed by atoms with Gasteiger partial charge in [0.25, 0.3) is 0 Å². The Labute approximate surface area is 385 Å². The van der Waals surface area contributed by atoms with Crippen LogP contribution in [0, 0.1) is 40.0 Å². The van der Waals surface area contributed by atoms with E-state index >= 15 is 0 Å². The highest BCUT2D eigenvalue weighted by atomic mass is 16.5. The largest absolute Gasteiger partial charge is 0.467 e. The van der Waals surface area contributed by atoms with Gasteiger partial charge in [-0.15, -0.1) is 0 Å². The van der Waals surface area contributed by atoms with Crippen LogP contribution in [0.15, 0.2) is 133 Å². The summed E-state index contributed by atoms with van der Waals surface area (Å²) in [4.78, 5) is 10.7. The highest BCUT2D eigenvalue weighted by Crippen LogP contribution is 2.60. The number of aryl methyl sites for hydroxylation is 6. The van der Waals surface area contributed by atoms with Crippen LogP contribution in [0.5, 0.6) is 11.5 Å². The fourth-order valence-electron chi connectivity index (χ4n) is 11.3. The zero-order chi connectivity index (χ0) is 45.8. The van der Waals surface area contributed by atoms with Crippen LogP contribution >= 0.6 is 0 Å². The van der Waals surface area contributed by atoms with Crippen LogP contribution in [0.1, 0.15) is 110 Å².